The van der Waals surface area contributed by atoms with Gasteiger partial charge in [-0.15, -0.1) is 0 Å². The molecule has 1 heterocycles. The van der Waals surface area contributed by atoms with Gasteiger partial charge >= 0.3 is 0 Å². The summed E-state index contributed by atoms with van der Waals surface area (Å²) < 4.78 is 13.2. The van der Waals surface area contributed by atoms with Gasteiger partial charge in [0.2, 0.25) is 0 Å². The summed E-state index contributed by atoms with van der Waals surface area (Å²) in [6.45, 7) is 3.74. The summed E-state index contributed by atoms with van der Waals surface area (Å²) in [6, 6.07) is 4.77. The standard InChI is InChI=1S/C12H13FN4/c1-7-5-9(3-4-10(7)13)12-16-8(2)15-11(6-14)17-12/h3-5H,6,14H2,1-2H3. The van der Waals surface area contributed by atoms with Gasteiger partial charge in [-0.1, -0.05) is 0 Å². The van der Waals surface area contributed by atoms with Crippen molar-refractivity contribution in [1.29, 1.82) is 0 Å². The van der Waals surface area contributed by atoms with E-state index in [9.17, 15) is 4.39 Å². The number of aryl methyl sites for hydroxylation is 2. The van der Waals surface area contributed by atoms with Gasteiger partial charge in [0.25, 0.3) is 0 Å². The Balaban J connectivity index is 2.52. The molecule has 0 atom stereocenters. The predicted octanol–water partition coefficient (Wildman–Crippen LogP) is 1.75. The zero-order valence-corrected chi connectivity index (χ0v) is 9.74. The zero-order valence-electron chi connectivity index (χ0n) is 9.74. The molecule has 0 saturated carbocycles. The lowest BCUT2D eigenvalue weighted by atomic mass is 10.1. The summed E-state index contributed by atoms with van der Waals surface area (Å²) in [6.07, 6.45) is 0. The predicted molar refractivity (Wildman–Crippen MR) is 62.6 cm³/mol. The molecule has 17 heavy (non-hydrogen) atoms. The monoisotopic (exact) mass is 232 g/mol. The second-order valence-electron chi connectivity index (χ2n) is 3.79. The summed E-state index contributed by atoms with van der Waals surface area (Å²) >= 11 is 0. The van der Waals surface area contributed by atoms with E-state index in [0.717, 1.165) is 5.56 Å². The fourth-order valence-electron chi connectivity index (χ4n) is 1.54. The lowest BCUT2D eigenvalue weighted by Gasteiger charge is -2.05. The van der Waals surface area contributed by atoms with E-state index in [-0.39, 0.29) is 12.4 Å². The maximum Gasteiger partial charge on any atom is 0.163 e. The number of halogens is 1. The Bertz CT molecular complexity index is 554. The molecule has 1 aromatic carbocycles. The Hall–Kier alpha value is -1.88. The first-order valence-corrected chi connectivity index (χ1v) is 5.28. The van der Waals surface area contributed by atoms with E-state index in [1.165, 1.54) is 6.07 Å². The van der Waals surface area contributed by atoms with Gasteiger partial charge in [0.15, 0.2) is 5.82 Å². The van der Waals surface area contributed by atoms with Crippen molar-refractivity contribution in [2.45, 2.75) is 20.4 Å². The van der Waals surface area contributed by atoms with Gasteiger partial charge < -0.3 is 5.73 Å². The van der Waals surface area contributed by atoms with Crippen LogP contribution in [0, 0.1) is 19.7 Å². The second kappa shape index (κ2) is 4.55. The summed E-state index contributed by atoms with van der Waals surface area (Å²) in [5, 5.41) is 0. The van der Waals surface area contributed by atoms with Crippen LogP contribution in [0.15, 0.2) is 18.2 Å². The highest BCUT2D eigenvalue weighted by Gasteiger charge is 2.07. The lowest BCUT2D eigenvalue weighted by molar-refractivity contribution is 0.618. The minimum absolute atomic E-state index is 0.237. The normalized spacial score (nSPS) is 10.6. The third-order valence-corrected chi connectivity index (χ3v) is 2.39. The van der Waals surface area contributed by atoms with E-state index in [2.05, 4.69) is 15.0 Å². The molecule has 88 valence electrons. The maximum absolute atomic E-state index is 13.2. The van der Waals surface area contributed by atoms with E-state index >= 15 is 0 Å². The summed E-state index contributed by atoms with van der Waals surface area (Å²) in [5.41, 5.74) is 6.84. The van der Waals surface area contributed by atoms with Gasteiger partial charge in [0.05, 0.1) is 6.54 Å². The third kappa shape index (κ3) is 2.45. The Labute approximate surface area is 98.7 Å². The SMILES string of the molecule is Cc1nc(CN)nc(-c2ccc(F)c(C)c2)n1. The highest BCUT2D eigenvalue weighted by atomic mass is 19.1. The van der Waals surface area contributed by atoms with Crippen LogP contribution in [0.5, 0.6) is 0 Å². The van der Waals surface area contributed by atoms with E-state index in [0.29, 0.717) is 23.0 Å². The van der Waals surface area contributed by atoms with Crippen molar-refractivity contribution in [3.05, 3.63) is 41.2 Å². The van der Waals surface area contributed by atoms with Crippen LogP contribution < -0.4 is 5.73 Å². The number of aromatic nitrogens is 3. The van der Waals surface area contributed by atoms with Crippen LogP contribution in [0.25, 0.3) is 11.4 Å². The van der Waals surface area contributed by atoms with E-state index in [1.807, 2.05) is 0 Å². The molecule has 0 amide bonds. The van der Waals surface area contributed by atoms with E-state index in [1.54, 1.807) is 26.0 Å². The zero-order chi connectivity index (χ0) is 12.4. The number of rotatable bonds is 2. The highest BCUT2D eigenvalue weighted by Crippen LogP contribution is 2.18. The first kappa shape index (κ1) is 11.6. The molecule has 0 fully saturated rings. The van der Waals surface area contributed by atoms with Gasteiger partial charge in [0.1, 0.15) is 17.5 Å². The molecule has 4 nitrogen and oxygen atoms in total. The number of benzene rings is 1. The quantitative estimate of drug-likeness (QED) is 0.856. The van der Waals surface area contributed by atoms with Crippen molar-refractivity contribution in [1.82, 2.24) is 15.0 Å². The Morgan fingerprint density at radius 3 is 2.59 bits per heavy atom. The Kier molecular flexibility index (Phi) is 3.10. The van der Waals surface area contributed by atoms with Gasteiger partial charge in [-0.25, -0.2) is 19.3 Å². The number of nitrogens with zero attached hydrogens (tertiary/aromatic N) is 3. The molecular formula is C12H13FN4. The molecule has 0 aliphatic rings. The number of hydrogen-bond acceptors (Lipinski definition) is 4. The molecule has 0 bridgehead atoms. The van der Waals surface area contributed by atoms with Crippen LogP contribution in [0.2, 0.25) is 0 Å². The molecule has 1 aromatic heterocycles. The highest BCUT2D eigenvalue weighted by molar-refractivity contribution is 5.56. The van der Waals surface area contributed by atoms with Gasteiger partial charge in [-0.05, 0) is 37.6 Å². The first-order valence-electron chi connectivity index (χ1n) is 5.28. The van der Waals surface area contributed by atoms with Crippen molar-refractivity contribution in [2.24, 2.45) is 5.73 Å². The van der Waals surface area contributed by atoms with Gasteiger partial charge in [0, 0.05) is 5.56 Å². The summed E-state index contributed by atoms with van der Waals surface area (Å²) in [4.78, 5) is 12.5. The molecule has 0 aliphatic carbocycles. The topological polar surface area (TPSA) is 64.7 Å². The van der Waals surface area contributed by atoms with E-state index < -0.39 is 0 Å². The van der Waals surface area contributed by atoms with E-state index in [4.69, 9.17) is 5.73 Å². The summed E-state index contributed by atoms with van der Waals surface area (Å²) in [7, 11) is 0. The van der Waals surface area contributed by atoms with Gasteiger partial charge in [-0.3, -0.25) is 0 Å². The number of hydrogen-bond donors (Lipinski definition) is 1. The Morgan fingerprint density at radius 2 is 1.94 bits per heavy atom. The molecule has 0 saturated heterocycles. The molecule has 0 aliphatic heterocycles. The average molecular weight is 232 g/mol. The molecule has 2 N–H and O–H groups in total. The van der Waals surface area contributed by atoms with Crippen LogP contribution in [-0.2, 0) is 6.54 Å². The molecule has 2 aromatic rings. The van der Waals surface area contributed by atoms with Crippen molar-refractivity contribution in [3.8, 4) is 11.4 Å². The smallest absolute Gasteiger partial charge is 0.163 e. The van der Waals surface area contributed by atoms with Crippen molar-refractivity contribution >= 4 is 0 Å². The average Bonchev–Trinajstić information content (AvgIpc) is 2.32. The van der Waals surface area contributed by atoms with Crippen LogP contribution >= 0.6 is 0 Å². The molecule has 2 rings (SSSR count). The molecule has 0 unspecified atom stereocenters. The van der Waals surface area contributed by atoms with Gasteiger partial charge in [-0.2, -0.15) is 0 Å². The van der Waals surface area contributed by atoms with Crippen LogP contribution in [0.4, 0.5) is 4.39 Å². The Morgan fingerprint density at radius 1 is 1.18 bits per heavy atom. The van der Waals surface area contributed by atoms with Crippen LogP contribution in [0.1, 0.15) is 17.2 Å². The van der Waals surface area contributed by atoms with Crippen molar-refractivity contribution < 1.29 is 4.39 Å². The number of nitrogens with two attached hydrogens (primary N) is 1. The van der Waals surface area contributed by atoms with Crippen molar-refractivity contribution in [3.63, 3.8) is 0 Å². The molecular weight excluding hydrogens is 219 g/mol. The largest absolute Gasteiger partial charge is 0.324 e. The van der Waals surface area contributed by atoms with Crippen LogP contribution in [-0.4, -0.2) is 15.0 Å². The summed E-state index contributed by atoms with van der Waals surface area (Å²) in [5.74, 6) is 1.44. The lowest BCUT2D eigenvalue weighted by Crippen LogP contribution is -2.07. The molecule has 0 spiro atoms. The maximum atomic E-state index is 13.2. The van der Waals surface area contributed by atoms with Crippen molar-refractivity contribution in [2.75, 3.05) is 0 Å². The fourth-order valence-corrected chi connectivity index (χ4v) is 1.54. The minimum Gasteiger partial charge on any atom is -0.324 e. The third-order valence-electron chi connectivity index (χ3n) is 2.39. The first-order chi connectivity index (χ1) is 8.10. The van der Waals surface area contributed by atoms with Crippen LogP contribution in [0.3, 0.4) is 0 Å². The fraction of sp³-hybridized carbons (Fsp3) is 0.250. The molecule has 0 radical (unpaired) electrons. The second-order valence-corrected chi connectivity index (χ2v) is 3.79. The minimum atomic E-state index is -0.237. The molecule has 5 heteroatoms.